The Kier molecular flexibility index (Phi) is 13.9. The lowest BCUT2D eigenvalue weighted by Crippen LogP contribution is -2.46. The van der Waals surface area contributed by atoms with Crippen molar-refractivity contribution in [2.24, 2.45) is 5.92 Å². The third-order valence-corrected chi connectivity index (χ3v) is 13.6. The molecule has 1 saturated heterocycles. The molecule has 322 valence electrons. The molecule has 0 amide bonds. The van der Waals surface area contributed by atoms with Crippen molar-refractivity contribution >= 4 is 41.2 Å². The lowest BCUT2D eigenvalue weighted by molar-refractivity contribution is -0.134. The summed E-state index contributed by atoms with van der Waals surface area (Å²) in [5.74, 6) is 0.726. The van der Waals surface area contributed by atoms with Crippen molar-refractivity contribution in [1.82, 2.24) is 9.80 Å². The summed E-state index contributed by atoms with van der Waals surface area (Å²) < 4.78 is 29.2. The van der Waals surface area contributed by atoms with Crippen LogP contribution in [-0.4, -0.2) is 110 Å². The van der Waals surface area contributed by atoms with Gasteiger partial charge in [0.25, 0.3) is 0 Å². The summed E-state index contributed by atoms with van der Waals surface area (Å²) in [6.07, 6.45) is 4.88. The summed E-state index contributed by atoms with van der Waals surface area (Å²) in [5.41, 5.74) is 5.39. The van der Waals surface area contributed by atoms with E-state index < -0.39 is 17.9 Å². The zero-order valence-electron chi connectivity index (χ0n) is 35.2. The van der Waals surface area contributed by atoms with E-state index in [0.29, 0.717) is 59.3 Å². The van der Waals surface area contributed by atoms with Crippen LogP contribution >= 0.6 is 23.5 Å². The minimum Gasteiger partial charge on any atom is -0.493 e. The average molecular weight is 869 g/mol. The highest BCUT2D eigenvalue weighted by molar-refractivity contribution is 7.99. The zero-order valence-corrected chi connectivity index (χ0v) is 36.8. The second kappa shape index (κ2) is 19.3. The molecule has 0 aliphatic carbocycles. The highest BCUT2D eigenvalue weighted by atomic mass is 32.2. The molecule has 4 aromatic rings. The number of rotatable bonds is 7. The lowest BCUT2D eigenvalue weighted by atomic mass is 9.81. The van der Waals surface area contributed by atoms with Crippen LogP contribution in [0.15, 0.2) is 93.6 Å². The van der Waals surface area contributed by atoms with Gasteiger partial charge in [-0.3, -0.25) is 9.69 Å². The number of nitrogens with zero attached hydrogens (tertiary/aromatic N) is 2. The number of likely N-dealkylation sites (N-methyl/N-ethyl adjacent to an activating group) is 1. The number of ether oxygens (including phenoxy) is 5. The molecule has 5 aliphatic rings. The smallest absolute Gasteiger partial charge is 0.328 e. The Hall–Kier alpha value is -5.15. The predicted molar refractivity (Wildman–Crippen MR) is 235 cm³/mol. The number of Topliss-reactive ketones (excluding diaryl/α,β-unsaturated/α-hetero) is 1. The fraction of sp³-hybridized carbons (Fsp3) is 0.383. The van der Waals surface area contributed by atoms with Crippen LogP contribution in [0, 0.1) is 5.92 Å². The first kappa shape index (κ1) is 43.9. The molecule has 4 aromatic carbocycles. The summed E-state index contributed by atoms with van der Waals surface area (Å²) >= 11 is 3.79. The van der Waals surface area contributed by atoms with Gasteiger partial charge in [-0.2, -0.15) is 0 Å². The van der Waals surface area contributed by atoms with E-state index >= 15 is 0 Å². The van der Waals surface area contributed by atoms with Crippen molar-refractivity contribution < 1.29 is 48.3 Å². The van der Waals surface area contributed by atoms with Gasteiger partial charge in [-0.15, -0.1) is 11.8 Å². The molecule has 14 heteroatoms. The van der Waals surface area contributed by atoms with Crippen molar-refractivity contribution in [3.05, 3.63) is 107 Å². The fourth-order valence-corrected chi connectivity index (χ4v) is 9.84. The van der Waals surface area contributed by atoms with E-state index in [2.05, 4.69) is 79.4 Å². The molecular weight excluding hydrogens is 817 g/mol. The Balaban J connectivity index is 0.000000159. The van der Waals surface area contributed by atoms with Gasteiger partial charge in [0.2, 0.25) is 0 Å². The molecule has 0 radical (unpaired) electrons. The predicted octanol–water partition coefficient (Wildman–Crippen LogP) is 7.90. The van der Waals surface area contributed by atoms with Crippen LogP contribution < -0.4 is 23.7 Å². The van der Waals surface area contributed by atoms with E-state index in [0.717, 1.165) is 42.8 Å². The Morgan fingerprint density at radius 2 is 1.56 bits per heavy atom. The highest BCUT2D eigenvalue weighted by Crippen LogP contribution is 2.50. The Morgan fingerprint density at radius 3 is 2.23 bits per heavy atom. The molecule has 5 heterocycles. The molecule has 0 spiro atoms. The monoisotopic (exact) mass is 868 g/mol. The molecule has 12 nitrogen and oxygen atoms in total. The van der Waals surface area contributed by atoms with Gasteiger partial charge in [0.1, 0.15) is 36.1 Å². The van der Waals surface area contributed by atoms with Crippen molar-refractivity contribution in [3.8, 4) is 28.7 Å². The molecule has 0 saturated carbocycles. The van der Waals surface area contributed by atoms with E-state index in [1.165, 1.54) is 38.9 Å². The van der Waals surface area contributed by atoms with Crippen LogP contribution in [-0.2, 0) is 22.4 Å². The van der Waals surface area contributed by atoms with Gasteiger partial charge in [-0.05, 0) is 79.2 Å². The number of carbonyl (C=O) groups is 3. The minimum atomic E-state index is -1.26. The zero-order chi connectivity index (χ0) is 43.4. The van der Waals surface area contributed by atoms with E-state index in [9.17, 15) is 14.4 Å². The van der Waals surface area contributed by atoms with Gasteiger partial charge in [0.05, 0.1) is 25.7 Å². The van der Waals surface area contributed by atoms with Crippen LogP contribution in [0.25, 0.3) is 0 Å². The Bertz CT molecular complexity index is 2290. The number of benzene rings is 4. The standard InChI is InChI=1S/C23H24O6.C20H24N2S2.C4H4O4/c1-11(2)16-8-14-15(28-16)6-5-12-22(24)21-13-7-18(25-3)19(26-4)9-17(13)27-10-20(21)29-23(12)14;1-21-9-11-22(12-10-21)18-13-15-5-3-4-6-19(15)24-20-8-7-16(23-2)14-17(18)20;5-3(6)1-2-4(7)8/h5-7,9,11,16,20-21H,8,10H2,1-4H3;3-8,14,18H,9-13H2,1-2H3;1-2H,(H,5,6)(H,7,8). The topological polar surface area (TPSA) is 144 Å². The third kappa shape index (κ3) is 9.67. The van der Waals surface area contributed by atoms with Crippen LogP contribution in [0.5, 0.6) is 28.7 Å². The number of carbonyl (C=O) groups excluding carboxylic acids is 1. The van der Waals surface area contributed by atoms with Gasteiger partial charge in [-0.1, -0.05) is 43.8 Å². The number of piperazine rings is 1. The largest absolute Gasteiger partial charge is 0.493 e. The number of aliphatic carboxylic acids is 2. The van der Waals surface area contributed by atoms with Crippen LogP contribution in [0.3, 0.4) is 0 Å². The van der Waals surface area contributed by atoms with Crippen LogP contribution in [0.1, 0.15) is 58.4 Å². The molecule has 1 fully saturated rings. The normalized spacial score (nSPS) is 21.1. The maximum absolute atomic E-state index is 13.5. The maximum Gasteiger partial charge on any atom is 0.328 e. The Labute approximate surface area is 365 Å². The molecular formula is C47H52N2O10S2. The van der Waals surface area contributed by atoms with E-state index in [-0.39, 0.29) is 18.0 Å². The molecule has 5 aliphatic heterocycles. The molecule has 0 aromatic heterocycles. The number of hydrogen-bond acceptors (Lipinski definition) is 12. The first-order valence-corrected chi connectivity index (χ1v) is 22.3. The summed E-state index contributed by atoms with van der Waals surface area (Å²) in [5, 5.41) is 15.6. The summed E-state index contributed by atoms with van der Waals surface area (Å²) in [4.78, 5) is 42.0. The molecule has 2 N–H and O–H groups in total. The van der Waals surface area contributed by atoms with E-state index in [1.54, 1.807) is 20.3 Å². The number of methoxy groups -OCH3 is 2. The summed E-state index contributed by atoms with van der Waals surface area (Å²) in [6, 6.07) is 23.8. The minimum absolute atomic E-state index is 0.0452. The molecule has 4 atom stereocenters. The highest BCUT2D eigenvalue weighted by Gasteiger charge is 2.46. The first-order chi connectivity index (χ1) is 29.4. The van der Waals surface area contributed by atoms with E-state index in [4.69, 9.17) is 33.9 Å². The number of ketones is 1. The molecule has 61 heavy (non-hydrogen) atoms. The second-order valence-electron chi connectivity index (χ2n) is 15.8. The number of hydrogen-bond donors (Lipinski definition) is 2. The fourth-order valence-electron chi connectivity index (χ4n) is 8.28. The maximum atomic E-state index is 13.5. The lowest BCUT2D eigenvalue weighted by Gasteiger charge is -2.38. The third-order valence-electron chi connectivity index (χ3n) is 11.6. The van der Waals surface area contributed by atoms with Gasteiger partial charge in [-0.25, -0.2) is 9.59 Å². The number of thioether (sulfide) groups is 1. The number of fused-ring (bicyclic) bond motifs is 8. The average Bonchev–Trinajstić information content (AvgIpc) is 3.64. The van der Waals surface area contributed by atoms with Crippen molar-refractivity contribution in [1.29, 1.82) is 0 Å². The molecule has 0 bridgehead atoms. The molecule has 9 rings (SSSR count). The second-order valence-corrected chi connectivity index (χ2v) is 17.7. The quantitative estimate of drug-likeness (QED) is 0.137. The van der Waals surface area contributed by atoms with Crippen molar-refractivity contribution in [3.63, 3.8) is 0 Å². The number of carboxylic acids is 2. The number of carboxylic acid groups (broad SMARTS) is 2. The molecule has 4 unspecified atom stereocenters. The van der Waals surface area contributed by atoms with Crippen molar-refractivity contribution in [2.75, 3.05) is 60.3 Å². The van der Waals surface area contributed by atoms with Crippen LogP contribution in [0.4, 0.5) is 0 Å². The summed E-state index contributed by atoms with van der Waals surface area (Å²) in [6.45, 7) is 9.24. The SMILES string of the molecule is COc1cc2c(cc1OC)C1C(=O)c3ccc4c(c3OC1CO2)CC(C(C)C)O4.CSc1ccc2c(c1)C(N1CCN(C)CC1)Cc1ccccc1S2.O=C(O)C=CC(=O)O. The van der Waals surface area contributed by atoms with Gasteiger partial charge in [0, 0.05) is 82.7 Å². The van der Waals surface area contributed by atoms with Crippen molar-refractivity contribution in [2.45, 2.75) is 65.5 Å². The first-order valence-electron chi connectivity index (χ1n) is 20.3. The van der Waals surface area contributed by atoms with Crippen LogP contribution in [0.2, 0.25) is 0 Å². The van der Waals surface area contributed by atoms with Gasteiger partial charge in [0.15, 0.2) is 17.3 Å². The van der Waals surface area contributed by atoms with Gasteiger partial charge < -0.3 is 38.8 Å². The Morgan fingerprint density at radius 1 is 0.852 bits per heavy atom. The summed E-state index contributed by atoms with van der Waals surface area (Å²) in [7, 11) is 5.39. The van der Waals surface area contributed by atoms with Gasteiger partial charge >= 0.3 is 11.9 Å². The van der Waals surface area contributed by atoms with E-state index in [1.807, 2.05) is 41.7 Å².